The lowest BCUT2D eigenvalue weighted by Crippen LogP contribution is -1.83. The maximum absolute atomic E-state index is 4.29. The molecule has 2 rings (SSSR count). The molecule has 0 saturated carbocycles. The van der Waals surface area contributed by atoms with Crippen LogP contribution in [-0.2, 0) is 0 Å². The van der Waals surface area contributed by atoms with Gasteiger partial charge in [0.05, 0.1) is 15.9 Å². The van der Waals surface area contributed by atoms with E-state index in [4.69, 9.17) is 0 Å². The molecular formula is C11H11N3S. The first-order chi connectivity index (χ1) is 7.27. The Morgan fingerprint density at radius 2 is 2.27 bits per heavy atom. The van der Waals surface area contributed by atoms with Gasteiger partial charge < -0.3 is 0 Å². The molecule has 0 atom stereocenters. The van der Waals surface area contributed by atoms with Crippen LogP contribution in [-0.4, -0.2) is 16.7 Å². The number of rotatable bonds is 2. The zero-order valence-corrected chi connectivity index (χ0v) is 9.51. The highest BCUT2D eigenvalue weighted by Gasteiger charge is 2.11. The Morgan fingerprint density at radius 3 is 2.93 bits per heavy atom. The zero-order valence-electron chi connectivity index (χ0n) is 8.69. The van der Waals surface area contributed by atoms with E-state index in [2.05, 4.69) is 21.7 Å². The molecule has 76 valence electrons. The van der Waals surface area contributed by atoms with Crippen molar-refractivity contribution in [3.05, 3.63) is 23.7 Å². The van der Waals surface area contributed by atoms with Gasteiger partial charge in [0.25, 0.3) is 0 Å². The summed E-state index contributed by atoms with van der Waals surface area (Å²) in [6.45, 7) is 7.53. The van der Waals surface area contributed by atoms with E-state index >= 15 is 0 Å². The molecule has 0 fully saturated rings. The van der Waals surface area contributed by atoms with Crippen molar-refractivity contribution in [1.29, 1.82) is 0 Å². The molecule has 0 amide bonds. The van der Waals surface area contributed by atoms with E-state index in [1.54, 1.807) is 17.7 Å². The Balaban J connectivity index is 2.85. The van der Waals surface area contributed by atoms with Gasteiger partial charge in [0, 0.05) is 5.56 Å². The second-order valence-corrected chi connectivity index (χ2v) is 4.11. The molecule has 0 aliphatic carbocycles. The highest BCUT2D eigenvalue weighted by Crippen LogP contribution is 2.38. The number of allylic oxidation sites excluding steroid dienone is 1. The molecule has 2 aromatic heterocycles. The van der Waals surface area contributed by atoms with Crippen LogP contribution in [0.5, 0.6) is 0 Å². The van der Waals surface area contributed by atoms with Crippen molar-refractivity contribution >= 4 is 39.3 Å². The second-order valence-electron chi connectivity index (χ2n) is 3.12. The van der Waals surface area contributed by atoms with Crippen molar-refractivity contribution in [3.8, 4) is 0 Å². The van der Waals surface area contributed by atoms with Crippen molar-refractivity contribution in [3.63, 3.8) is 0 Å². The number of hydrogen-bond acceptors (Lipinski definition) is 4. The molecule has 0 N–H and O–H groups in total. The van der Waals surface area contributed by atoms with Gasteiger partial charge in [0.1, 0.15) is 11.3 Å². The van der Waals surface area contributed by atoms with Gasteiger partial charge in [-0.2, -0.15) is 0 Å². The third kappa shape index (κ3) is 1.57. The van der Waals surface area contributed by atoms with Gasteiger partial charge in [-0.25, -0.2) is 9.97 Å². The van der Waals surface area contributed by atoms with Gasteiger partial charge in [-0.05, 0) is 20.6 Å². The fourth-order valence-corrected chi connectivity index (χ4v) is 2.46. The van der Waals surface area contributed by atoms with Gasteiger partial charge in [-0.3, -0.25) is 4.99 Å². The van der Waals surface area contributed by atoms with Crippen molar-refractivity contribution < 1.29 is 0 Å². The average Bonchev–Trinajstić information content (AvgIpc) is 2.59. The van der Waals surface area contributed by atoms with E-state index in [0.29, 0.717) is 0 Å². The summed E-state index contributed by atoms with van der Waals surface area (Å²) in [4.78, 5) is 12.5. The average molecular weight is 217 g/mol. The van der Waals surface area contributed by atoms with E-state index in [9.17, 15) is 0 Å². The standard InChI is InChI=1S/C11H11N3S/c1-4-5-8-9-10(15-11(8)12-3)7(2)13-6-14-9/h4-6H,3H2,1-2H3/b5-4-. The molecular weight excluding hydrogens is 206 g/mol. The third-order valence-corrected chi connectivity index (χ3v) is 3.38. The van der Waals surface area contributed by atoms with Gasteiger partial charge >= 0.3 is 0 Å². The SMILES string of the molecule is C=Nc1sc2c(C)ncnc2c1/C=C\C. The number of hydrogen-bond donors (Lipinski definition) is 0. The Labute approximate surface area is 92.2 Å². The van der Waals surface area contributed by atoms with E-state index in [1.165, 1.54) is 0 Å². The van der Waals surface area contributed by atoms with Crippen molar-refractivity contribution in [2.24, 2.45) is 4.99 Å². The monoisotopic (exact) mass is 217 g/mol. The van der Waals surface area contributed by atoms with Gasteiger partial charge in [0.2, 0.25) is 0 Å². The molecule has 3 nitrogen and oxygen atoms in total. The van der Waals surface area contributed by atoms with Gasteiger partial charge in [-0.1, -0.05) is 12.2 Å². The van der Waals surface area contributed by atoms with Gasteiger partial charge in [-0.15, -0.1) is 11.3 Å². The molecule has 0 radical (unpaired) electrons. The van der Waals surface area contributed by atoms with Crippen molar-refractivity contribution in [2.75, 3.05) is 0 Å². The number of fused-ring (bicyclic) bond motifs is 1. The molecule has 4 heteroatoms. The summed E-state index contributed by atoms with van der Waals surface area (Å²) in [6, 6.07) is 0. The first kappa shape index (κ1) is 9.98. The molecule has 0 saturated heterocycles. The van der Waals surface area contributed by atoms with Crippen LogP contribution in [0.1, 0.15) is 18.2 Å². The highest BCUT2D eigenvalue weighted by molar-refractivity contribution is 7.23. The minimum Gasteiger partial charge on any atom is -0.253 e. The van der Waals surface area contributed by atoms with Crippen LogP contribution in [0.25, 0.3) is 16.3 Å². The molecule has 2 heterocycles. The minimum absolute atomic E-state index is 0.909. The predicted molar refractivity (Wildman–Crippen MR) is 66.1 cm³/mol. The Kier molecular flexibility index (Phi) is 2.60. The van der Waals surface area contributed by atoms with Crippen LogP contribution in [0.15, 0.2) is 17.4 Å². The summed E-state index contributed by atoms with van der Waals surface area (Å²) in [5, 5.41) is 0.909. The van der Waals surface area contributed by atoms with Crippen LogP contribution < -0.4 is 0 Å². The second kappa shape index (κ2) is 3.90. The summed E-state index contributed by atoms with van der Waals surface area (Å²) in [5.74, 6) is 0. The fourth-order valence-electron chi connectivity index (χ4n) is 1.46. The highest BCUT2D eigenvalue weighted by atomic mass is 32.1. The summed E-state index contributed by atoms with van der Waals surface area (Å²) in [5.41, 5.74) is 3.00. The summed E-state index contributed by atoms with van der Waals surface area (Å²) in [7, 11) is 0. The maximum Gasteiger partial charge on any atom is 0.125 e. The molecule has 0 unspecified atom stereocenters. The van der Waals surface area contributed by atoms with Crippen molar-refractivity contribution in [1.82, 2.24) is 9.97 Å². The van der Waals surface area contributed by atoms with Crippen molar-refractivity contribution in [2.45, 2.75) is 13.8 Å². The van der Waals surface area contributed by atoms with Crippen LogP contribution in [0.3, 0.4) is 0 Å². The zero-order chi connectivity index (χ0) is 10.8. The molecule has 2 aromatic rings. The molecule has 0 aliphatic heterocycles. The Morgan fingerprint density at radius 1 is 1.47 bits per heavy atom. The Hall–Kier alpha value is -1.55. The van der Waals surface area contributed by atoms with Crippen LogP contribution in [0, 0.1) is 6.92 Å². The molecule has 0 bridgehead atoms. The molecule has 0 spiro atoms. The lowest BCUT2D eigenvalue weighted by Gasteiger charge is -1.93. The van der Waals surface area contributed by atoms with E-state index in [-0.39, 0.29) is 0 Å². The maximum atomic E-state index is 4.29. The van der Waals surface area contributed by atoms with E-state index in [1.807, 2.05) is 26.0 Å². The molecule has 0 aromatic carbocycles. The smallest absolute Gasteiger partial charge is 0.125 e. The predicted octanol–water partition coefficient (Wildman–Crippen LogP) is 3.36. The fraction of sp³-hybridized carbons (Fsp3) is 0.182. The van der Waals surface area contributed by atoms with E-state index in [0.717, 1.165) is 26.5 Å². The number of nitrogens with zero attached hydrogens (tertiary/aromatic N) is 3. The normalized spacial score (nSPS) is 11.3. The summed E-state index contributed by atoms with van der Waals surface area (Å²) in [6.07, 6.45) is 5.58. The van der Waals surface area contributed by atoms with E-state index < -0.39 is 0 Å². The quantitative estimate of drug-likeness (QED) is 0.723. The molecule has 0 aliphatic rings. The number of thiophene rings is 1. The number of aryl methyl sites for hydroxylation is 1. The number of aliphatic imine (C=N–C) groups is 1. The van der Waals surface area contributed by atoms with Crippen LogP contribution >= 0.6 is 11.3 Å². The van der Waals surface area contributed by atoms with Crippen LogP contribution in [0.4, 0.5) is 5.00 Å². The summed E-state index contributed by atoms with van der Waals surface area (Å²) < 4.78 is 1.09. The summed E-state index contributed by atoms with van der Waals surface area (Å²) >= 11 is 1.59. The minimum atomic E-state index is 0.909. The molecule has 15 heavy (non-hydrogen) atoms. The first-order valence-corrected chi connectivity index (χ1v) is 5.43. The largest absolute Gasteiger partial charge is 0.253 e. The third-order valence-electron chi connectivity index (χ3n) is 2.14. The van der Waals surface area contributed by atoms with Crippen LogP contribution in [0.2, 0.25) is 0 Å². The first-order valence-electron chi connectivity index (χ1n) is 4.61. The van der Waals surface area contributed by atoms with Gasteiger partial charge in [0.15, 0.2) is 0 Å². The lowest BCUT2D eigenvalue weighted by molar-refractivity contribution is 1.16. The lowest BCUT2D eigenvalue weighted by atomic mass is 10.2. The Bertz CT molecular complexity index is 540. The topological polar surface area (TPSA) is 38.1 Å². The number of aromatic nitrogens is 2.